The van der Waals surface area contributed by atoms with Crippen LogP contribution >= 0.6 is 0 Å². The minimum atomic E-state index is -0.775. The van der Waals surface area contributed by atoms with Crippen LogP contribution in [0.25, 0.3) is 0 Å². The highest BCUT2D eigenvalue weighted by atomic mass is 16.6. The third-order valence-electron chi connectivity index (χ3n) is 3.51. The van der Waals surface area contributed by atoms with E-state index in [1.165, 1.54) is 17.8 Å². The van der Waals surface area contributed by atoms with Gasteiger partial charge in [-0.25, -0.2) is 4.79 Å². The summed E-state index contributed by atoms with van der Waals surface area (Å²) in [6.07, 6.45) is 1.06. The largest absolute Gasteiger partial charge is 0.451 e. The van der Waals surface area contributed by atoms with E-state index in [2.05, 4.69) is 0 Å². The number of esters is 1. The summed E-state index contributed by atoms with van der Waals surface area (Å²) in [7, 11) is 1.50. The van der Waals surface area contributed by atoms with Gasteiger partial charge in [0.1, 0.15) is 5.69 Å². The second kappa shape index (κ2) is 6.78. The van der Waals surface area contributed by atoms with Crippen molar-refractivity contribution in [3.63, 3.8) is 0 Å². The summed E-state index contributed by atoms with van der Waals surface area (Å²) >= 11 is 0. The van der Waals surface area contributed by atoms with Crippen LogP contribution in [0.2, 0.25) is 0 Å². The van der Waals surface area contributed by atoms with Gasteiger partial charge in [-0.1, -0.05) is 0 Å². The van der Waals surface area contributed by atoms with Crippen LogP contribution in [-0.2, 0) is 21.3 Å². The lowest BCUT2D eigenvalue weighted by Gasteiger charge is -2.35. The van der Waals surface area contributed by atoms with Gasteiger partial charge in [0, 0.05) is 26.2 Å². The summed E-state index contributed by atoms with van der Waals surface area (Å²) in [6, 6.07) is 1.12. The predicted octanol–water partition coefficient (Wildman–Crippen LogP) is 0.726. The highest BCUT2D eigenvalue weighted by Gasteiger charge is 2.27. The van der Waals surface area contributed by atoms with Gasteiger partial charge in [0.05, 0.1) is 23.3 Å². The first kappa shape index (κ1) is 16.9. The Morgan fingerprint density at radius 2 is 2.00 bits per heavy atom. The number of carbonyl (C=O) groups excluding carboxylic acids is 2. The van der Waals surface area contributed by atoms with Crippen molar-refractivity contribution in [3.8, 4) is 0 Å². The van der Waals surface area contributed by atoms with Crippen LogP contribution in [0.4, 0.5) is 5.69 Å². The molecule has 126 valence electrons. The number of rotatable bonds is 4. The number of hydrogen-bond donors (Lipinski definition) is 0. The van der Waals surface area contributed by atoms with E-state index in [0.717, 1.165) is 6.07 Å². The molecule has 0 aromatic carbocycles. The maximum absolute atomic E-state index is 12.1. The minimum Gasteiger partial charge on any atom is -0.451 e. The second-order valence-electron chi connectivity index (χ2n) is 5.58. The summed E-state index contributed by atoms with van der Waals surface area (Å²) in [4.78, 5) is 35.7. The van der Waals surface area contributed by atoms with Gasteiger partial charge < -0.3 is 18.9 Å². The zero-order valence-electron chi connectivity index (χ0n) is 13.2. The lowest BCUT2D eigenvalue weighted by atomic mass is 10.2. The van der Waals surface area contributed by atoms with Crippen molar-refractivity contribution < 1.29 is 24.0 Å². The molecule has 0 radical (unpaired) electrons. The van der Waals surface area contributed by atoms with E-state index < -0.39 is 17.5 Å². The molecule has 9 nitrogen and oxygen atoms in total. The van der Waals surface area contributed by atoms with Crippen LogP contribution in [0.1, 0.15) is 24.3 Å². The molecule has 2 heterocycles. The molecule has 0 N–H and O–H groups in total. The van der Waals surface area contributed by atoms with E-state index in [4.69, 9.17) is 9.47 Å². The van der Waals surface area contributed by atoms with Crippen LogP contribution in [0.15, 0.2) is 12.3 Å². The maximum Gasteiger partial charge on any atom is 0.355 e. The molecule has 2 unspecified atom stereocenters. The highest BCUT2D eigenvalue weighted by Crippen LogP contribution is 2.16. The van der Waals surface area contributed by atoms with Gasteiger partial charge >= 0.3 is 5.97 Å². The molecular formula is C14H19N3O6. The van der Waals surface area contributed by atoms with Crippen molar-refractivity contribution in [2.24, 2.45) is 7.05 Å². The molecule has 0 bridgehead atoms. The van der Waals surface area contributed by atoms with Crippen molar-refractivity contribution in [1.29, 1.82) is 0 Å². The van der Waals surface area contributed by atoms with E-state index in [1.807, 2.05) is 13.8 Å². The Kier molecular flexibility index (Phi) is 4.99. The number of nitrogens with zero attached hydrogens (tertiary/aromatic N) is 3. The van der Waals surface area contributed by atoms with E-state index in [-0.39, 0.29) is 29.5 Å². The zero-order valence-corrected chi connectivity index (χ0v) is 13.2. The van der Waals surface area contributed by atoms with Crippen LogP contribution in [0.3, 0.4) is 0 Å². The Hall–Kier alpha value is -2.42. The van der Waals surface area contributed by atoms with Crippen molar-refractivity contribution >= 4 is 17.6 Å². The molecule has 0 saturated carbocycles. The average Bonchev–Trinajstić information content (AvgIpc) is 2.85. The Balaban J connectivity index is 1.93. The summed E-state index contributed by atoms with van der Waals surface area (Å²) in [5, 5.41) is 10.7. The Morgan fingerprint density at radius 1 is 1.39 bits per heavy atom. The lowest BCUT2D eigenvalue weighted by Crippen LogP contribution is -2.49. The van der Waals surface area contributed by atoms with Crippen molar-refractivity contribution in [2.75, 3.05) is 19.7 Å². The summed E-state index contributed by atoms with van der Waals surface area (Å²) in [6.45, 7) is 4.21. The number of nitro groups is 1. The molecule has 23 heavy (non-hydrogen) atoms. The topological polar surface area (TPSA) is 104 Å². The number of aromatic nitrogens is 1. The quantitative estimate of drug-likeness (QED) is 0.459. The van der Waals surface area contributed by atoms with Gasteiger partial charge in [0.15, 0.2) is 6.61 Å². The number of hydrogen-bond acceptors (Lipinski definition) is 6. The van der Waals surface area contributed by atoms with Gasteiger partial charge in [-0.3, -0.25) is 14.9 Å². The normalized spacial score (nSPS) is 21.1. The first-order valence-corrected chi connectivity index (χ1v) is 7.19. The maximum atomic E-state index is 12.1. The fraction of sp³-hybridized carbons (Fsp3) is 0.571. The molecule has 9 heteroatoms. The lowest BCUT2D eigenvalue weighted by molar-refractivity contribution is -0.384. The molecule has 0 aliphatic carbocycles. The third-order valence-corrected chi connectivity index (χ3v) is 3.51. The standard InChI is InChI=1S/C14H19N3O6/c1-9-5-16(6-10(2)23-9)13(18)8-22-14(19)12-4-11(17(20)21)7-15(12)3/h4,7,9-10H,5-6,8H2,1-3H3. The van der Waals surface area contributed by atoms with Crippen molar-refractivity contribution in [3.05, 3.63) is 28.1 Å². The first-order valence-electron chi connectivity index (χ1n) is 7.19. The van der Waals surface area contributed by atoms with Crippen molar-refractivity contribution in [1.82, 2.24) is 9.47 Å². The predicted molar refractivity (Wildman–Crippen MR) is 78.9 cm³/mol. The molecule has 1 saturated heterocycles. The molecule has 2 rings (SSSR count). The van der Waals surface area contributed by atoms with Gasteiger partial charge in [0.2, 0.25) is 0 Å². The third kappa shape index (κ3) is 4.07. The molecule has 1 aliphatic heterocycles. The fourth-order valence-electron chi connectivity index (χ4n) is 2.52. The Labute approximate surface area is 132 Å². The number of aryl methyl sites for hydroxylation is 1. The molecule has 1 aromatic heterocycles. The summed E-state index contributed by atoms with van der Waals surface area (Å²) < 4.78 is 11.8. The monoisotopic (exact) mass is 325 g/mol. The van der Waals surface area contributed by atoms with Gasteiger partial charge in [-0.05, 0) is 13.8 Å². The molecule has 2 atom stereocenters. The zero-order chi connectivity index (χ0) is 17.1. The average molecular weight is 325 g/mol. The van der Waals surface area contributed by atoms with Crippen LogP contribution in [-0.4, -0.2) is 58.2 Å². The SMILES string of the molecule is CC1CN(C(=O)COC(=O)c2cc([N+](=O)[O-])cn2C)CC(C)O1. The number of amides is 1. The van der Waals surface area contributed by atoms with E-state index in [9.17, 15) is 19.7 Å². The van der Waals surface area contributed by atoms with Crippen molar-refractivity contribution in [2.45, 2.75) is 26.1 Å². The first-order chi connectivity index (χ1) is 10.8. The van der Waals surface area contributed by atoms with Crippen LogP contribution < -0.4 is 0 Å². The highest BCUT2D eigenvalue weighted by molar-refractivity contribution is 5.90. The van der Waals surface area contributed by atoms with Gasteiger partial charge in [0.25, 0.3) is 11.6 Å². The molecule has 1 fully saturated rings. The molecule has 1 aromatic rings. The van der Waals surface area contributed by atoms with E-state index >= 15 is 0 Å². The van der Waals surface area contributed by atoms with E-state index in [0.29, 0.717) is 13.1 Å². The van der Waals surface area contributed by atoms with Crippen LogP contribution in [0, 0.1) is 10.1 Å². The smallest absolute Gasteiger partial charge is 0.355 e. The molecular weight excluding hydrogens is 306 g/mol. The minimum absolute atomic E-state index is 0.0215. The number of morpholine rings is 1. The molecule has 1 aliphatic rings. The van der Waals surface area contributed by atoms with Gasteiger partial charge in [-0.2, -0.15) is 0 Å². The number of carbonyl (C=O) groups is 2. The summed E-state index contributed by atoms with van der Waals surface area (Å²) in [5.74, 6) is -1.09. The van der Waals surface area contributed by atoms with E-state index in [1.54, 1.807) is 4.90 Å². The Bertz CT molecular complexity index is 616. The number of ether oxygens (including phenoxy) is 2. The molecule has 1 amide bonds. The Morgan fingerprint density at radius 3 is 2.52 bits per heavy atom. The fourth-order valence-corrected chi connectivity index (χ4v) is 2.52. The molecule has 0 spiro atoms. The second-order valence-corrected chi connectivity index (χ2v) is 5.58. The van der Waals surface area contributed by atoms with Gasteiger partial charge in [-0.15, -0.1) is 0 Å². The summed E-state index contributed by atoms with van der Waals surface area (Å²) in [5.41, 5.74) is -0.185. The van der Waals surface area contributed by atoms with Crippen LogP contribution in [0.5, 0.6) is 0 Å².